The van der Waals surface area contributed by atoms with Gasteiger partial charge in [0, 0.05) is 61.1 Å². The van der Waals surface area contributed by atoms with Crippen molar-refractivity contribution >= 4 is 18.9 Å². The molecule has 0 radical (unpaired) electrons. The van der Waals surface area contributed by atoms with Crippen LogP contribution in [0, 0.1) is 0 Å². The number of pyridine rings is 1. The second kappa shape index (κ2) is 11.7. The molecular formula is C29H38BFN8O. The fourth-order valence-electron chi connectivity index (χ4n) is 5.75. The van der Waals surface area contributed by atoms with Crippen LogP contribution in [0.2, 0.25) is 0 Å². The molecule has 40 heavy (non-hydrogen) atoms. The summed E-state index contributed by atoms with van der Waals surface area (Å²) in [5.74, 6) is 0.542. The molecule has 2 N–H and O–H groups in total. The highest BCUT2D eigenvalue weighted by Gasteiger charge is 2.37. The molecule has 2 aliphatic rings. The van der Waals surface area contributed by atoms with E-state index in [1.807, 2.05) is 30.6 Å². The Kier molecular flexibility index (Phi) is 7.84. The molecule has 9 nitrogen and oxygen atoms in total. The molecule has 6 rings (SSSR count). The molecule has 4 aromatic heterocycles. The first-order chi connectivity index (χ1) is 19.5. The number of H-pyrrole nitrogens is 1. The van der Waals surface area contributed by atoms with Crippen molar-refractivity contribution < 1.29 is 9.13 Å². The summed E-state index contributed by atoms with van der Waals surface area (Å²) < 4.78 is 22.6. The van der Waals surface area contributed by atoms with Crippen LogP contribution in [0.15, 0.2) is 43.1 Å². The second-order valence-electron chi connectivity index (χ2n) is 11.3. The van der Waals surface area contributed by atoms with E-state index >= 15 is 0 Å². The smallest absolute Gasteiger partial charge is 0.214 e. The van der Waals surface area contributed by atoms with Gasteiger partial charge in [-0.05, 0) is 56.7 Å². The molecular weight excluding hydrogens is 506 g/mol. The lowest BCUT2D eigenvalue weighted by Crippen LogP contribution is -2.50. The number of nitrogens with one attached hydrogen (secondary N) is 2. The number of likely N-dealkylation sites (tertiary alicyclic amines) is 1. The summed E-state index contributed by atoms with van der Waals surface area (Å²) in [5.41, 5.74) is 4.23. The summed E-state index contributed by atoms with van der Waals surface area (Å²) in [6.07, 6.45) is 11.6. The summed E-state index contributed by atoms with van der Waals surface area (Å²) in [5, 5.41) is 9.16. The number of ether oxygens (including phenoxy) is 1. The molecule has 1 aliphatic heterocycles. The maximum atomic E-state index is 14.2. The molecule has 0 spiro atoms. The van der Waals surface area contributed by atoms with Gasteiger partial charge in [0.05, 0.1) is 23.6 Å². The highest BCUT2D eigenvalue weighted by Crippen LogP contribution is 2.38. The van der Waals surface area contributed by atoms with E-state index in [9.17, 15) is 4.39 Å². The van der Waals surface area contributed by atoms with E-state index in [0.29, 0.717) is 36.2 Å². The zero-order valence-corrected chi connectivity index (χ0v) is 23.6. The zero-order chi connectivity index (χ0) is 27.6. The van der Waals surface area contributed by atoms with Crippen LogP contribution in [-0.4, -0.2) is 73.7 Å². The van der Waals surface area contributed by atoms with Gasteiger partial charge in [0.25, 0.3) is 0 Å². The van der Waals surface area contributed by atoms with Crippen LogP contribution < -0.4 is 10.1 Å². The number of piperidine rings is 1. The Hall–Kier alpha value is -3.31. The Bertz CT molecular complexity index is 1430. The first kappa shape index (κ1) is 26.9. The quantitative estimate of drug-likeness (QED) is 0.292. The molecule has 4 aromatic rings. The number of halogens is 1. The van der Waals surface area contributed by atoms with Crippen LogP contribution in [-0.2, 0) is 6.54 Å². The molecule has 1 saturated heterocycles. The van der Waals surface area contributed by atoms with Crippen molar-refractivity contribution in [1.82, 2.24) is 39.9 Å². The van der Waals surface area contributed by atoms with Gasteiger partial charge in [-0.3, -0.25) is 14.0 Å². The van der Waals surface area contributed by atoms with Gasteiger partial charge >= 0.3 is 0 Å². The second-order valence-corrected chi connectivity index (χ2v) is 11.3. The van der Waals surface area contributed by atoms with E-state index in [1.165, 1.54) is 7.85 Å². The SMILES string of the molecule is BC(F)c1cc(CNC(C)CC)cc(OC2CCN(C3CC(n4cc(-c5ncnc6[nH]ccc56)cn4)C3)CC2)n1. The Balaban J connectivity index is 1.01. The van der Waals surface area contributed by atoms with E-state index in [0.717, 1.165) is 73.0 Å². The third-order valence-electron chi connectivity index (χ3n) is 8.53. The number of nitrogens with zero attached hydrogens (tertiary/aromatic N) is 6. The van der Waals surface area contributed by atoms with Gasteiger partial charge in [0.2, 0.25) is 5.88 Å². The van der Waals surface area contributed by atoms with Gasteiger partial charge < -0.3 is 15.0 Å². The molecule has 0 aromatic carbocycles. The summed E-state index contributed by atoms with van der Waals surface area (Å²) in [7, 11) is 1.53. The minimum absolute atomic E-state index is 0.104. The van der Waals surface area contributed by atoms with Gasteiger partial charge in [0.15, 0.2) is 7.85 Å². The summed E-state index contributed by atoms with van der Waals surface area (Å²) in [4.78, 5) is 19.0. The molecule has 2 unspecified atom stereocenters. The summed E-state index contributed by atoms with van der Waals surface area (Å²) in [6.45, 7) is 6.99. The molecule has 1 saturated carbocycles. The standard InChI is InChI=1S/C29H38BFN8O/c1-3-18(2)33-14-19-10-25(28(30)31)37-26(11-19)40-23-5-8-38(9-6-23)21-12-22(13-21)39-16-20(15-36-39)27-24-4-7-32-29(24)35-17-34-27/h4,7,10-11,15-18,21-23,28,33H,3,5-6,8-9,12-14,30H2,1-2H3,(H,32,34,35). The zero-order valence-electron chi connectivity index (χ0n) is 23.6. The number of rotatable bonds is 10. The molecule has 0 bridgehead atoms. The fraction of sp³-hybridized carbons (Fsp3) is 0.517. The van der Waals surface area contributed by atoms with E-state index < -0.39 is 6.07 Å². The molecule has 0 amide bonds. The van der Waals surface area contributed by atoms with Crippen molar-refractivity contribution in [3.8, 4) is 17.1 Å². The number of aromatic amines is 1. The van der Waals surface area contributed by atoms with E-state index in [1.54, 1.807) is 6.33 Å². The predicted octanol–water partition coefficient (Wildman–Crippen LogP) is 3.95. The topological polar surface area (TPSA) is 96.8 Å². The minimum Gasteiger partial charge on any atom is -0.474 e. The van der Waals surface area contributed by atoms with Crippen LogP contribution in [0.4, 0.5) is 4.39 Å². The van der Waals surface area contributed by atoms with Gasteiger partial charge in [0.1, 0.15) is 24.1 Å². The van der Waals surface area contributed by atoms with Crippen molar-refractivity contribution in [3.63, 3.8) is 0 Å². The first-order valence-corrected chi connectivity index (χ1v) is 14.6. The predicted molar refractivity (Wildman–Crippen MR) is 156 cm³/mol. The Labute approximate surface area is 235 Å². The summed E-state index contributed by atoms with van der Waals surface area (Å²) >= 11 is 0. The third-order valence-corrected chi connectivity index (χ3v) is 8.53. The lowest BCUT2D eigenvalue weighted by molar-refractivity contribution is 0.0248. The van der Waals surface area contributed by atoms with Gasteiger partial charge in [-0.2, -0.15) is 5.10 Å². The average molecular weight is 544 g/mol. The van der Waals surface area contributed by atoms with Crippen molar-refractivity contribution in [2.75, 3.05) is 13.1 Å². The van der Waals surface area contributed by atoms with Crippen LogP contribution in [0.5, 0.6) is 5.88 Å². The Morgan fingerprint density at radius 2 is 2.02 bits per heavy atom. The number of aromatic nitrogens is 6. The first-order valence-electron chi connectivity index (χ1n) is 14.6. The average Bonchev–Trinajstić information content (AvgIpc) is 3.62. The van der Waals surface area contributed by atoms with E-state index in [2.05, 4.69) is 60.0 Å². The Morgan fingerprint density at radius 1 is 1.20 bits per heavy atom. The lowest BCUT2D eigenvalue weighted by atomic mass is 9.84. The molecule has 5 heterocycles. The highest BCUT2D eigenvalue weighted by atomic mass is 19.1. The lowest BCUT2D eigenvalue weighted by Gasteiger charge is -2.45. The number of fused-ring (bicyclic) bond motifs is 1. The molecule has 2 atom stereocenters. The van der Waals surface area contributed by atoms with Crippen LogP contribution >= 0.6 is 0 Å². The van der Waals surface area contributed by atoms with Gasteiger partial charge in [-0.15, -0.1) is 0 Å². The number of alkyl halides is 1. The van der Waals surface area contributed by atoms with Crippen LogP contribution in [0.25, 0.3) is 22.3 Å². The minimum atomic E-state index is -1.12. The van der Waals surface area contributed by atoms with Crippen LogP contribution in [0.3, 0.4) is 0 Å². The number of hydrogen-bond donors (Lipinski definition) is 2. The Morgan fingerprint density at radius 3 is 2.80 bits per heavy atom. The van der Waals surface area contributed by atoms with Crippen molar-refractivity contribution in [2.45, 2.75) is 82.8 Å². The normalized spacial score (nSPS) is 21.8. The molecule has 11 heteroatoms. The highest BCUT2D eigenvalue weighted by molar-refractivity contribution is 6.11. The van der Waals surface area contributed by atoms with Crippen molar-refractivity contribution in [3.05, 3.63) is 54.4 Å². The largest absolute Gasteiger partial charge is 0.474 e. The van der Waals surface area contributed by atoms with Crippen molar-refractivity contribution in [1.29, 1.82) is 0 Å². The maximum absolute atomic E-state index is 14.2. The third kappa shape index (κ3) is 5.76. The van der Waals surface area contributed by atoms with Crippen LogP contribution in [0.1, 0.15) is 69.3 Å². The monoisotopic (exact) mass is 544 g/mol. The molecule has 1 aliphatic carbocycles. The fourth-order valence-corrected chi connectivity index (χ4v) is 5.75. The molecule has 2 fully saturated rings. The van der Waals surface area contributed by atoms with E-state index in [-0.39, 0.29) is 6.10 Å². The maximum Gasteiger partial charge on any atom is 0.214 e. The molecule has 210 valence electrons. The van der Waals surface area contributed by atoms with E-state index in [4.69, 9.17) is 4.74 Å². The van der Waals surface area contributed by atoms with Crippen molar-refractivity contribution in [2.24, 2.45) is 0 Å². The van der Waals surface area contributed by atoms with Gasteiger partial charge in [-0.1, -0.05) is 6.92 Å². The van der Waals surface area contributed by atoms with Gasteiger partial charge in [-0.25, -0.2) is 15.0 Å². The summed E-state index contributed by atoms with van der Waals surface area (Å²) in [6, 6.07) is 7.20. The number of hydrogen-bond acceptors (Lipinski definition) is 7.